The fraction of sp³-hybridized carbons (Fsp3) is 0.733. The lowest BCUT2D eigenvalue weighted by Gasteiger charge is -2.19. The van der Waals surface area contributed by atoms with Crippen LogP contribution in [-0.2, 0) is 0 Å². The van der Waals surface area contributed by atoms with Crippen molar-refractivity contribution in [1.82, 2.24) is 9.97 Å². The quantitative estimate of drug-likeness (QED) is 0.699. The molecule has 0 aliphatic heterocycles. The molecule has 20 heavy (non-hydrogen) atoms. The van der Waals surface area contributed by atoms with Crippen LogP contribution in [0.1, 0.15) is 45.7 Å². The summed E-state index contributed by atoms with van der Waals surface area (Å²) in [6.45, 7) is 9.69. The Bertz CT molecular complexity index is 397. The molecule has 1 unspecified atom stereocenters. The highest BCUT2D eigenvalue weighted by Crippen LogP contribution is 2.19. The lowest BCUT2D eigenvalue weighted by molar-refractivity contribution is 0.305. The highest BCUT2D eigenvalue weighted by Gasteiger charge is 2.16. The standard InChI is InChI=1S/C15H26ClN3O/c1-5-8-20-14-9-11(4)18-15(19-14)17-10-13(16)12(6-2)7-3/h9,12-13H,5-8,10H2,1-4H3,(H,17,18,19). The summed E-state index contributed by atoms with van der Waals surface area (Å²) in [7, 11) is 0. The number of aryl methyl sites for hydroxylation is 1. The average Bonchev–Trinajstić information content (AvgIpc) is 2.43. The minimum Gasteiger partial charge on any atom is -0.478 e. The van der Waals surface area contributed by atoms with Crippen molar-refractivity contribution in [3.8, 4) is 5.88 Å². The van der Waals surface area contributed by atoms with Crippen LogP contribution in [0.3, 0.4) is 0 Å². The normalized spacial score (nSPS) is 12.5. The molecule has 1 heterocycles. The lowest BCUT2D eigenvalue weighted by Crippen LogP contribution is -2.23. The van der Waals surface area contributed by atoms with Crippen molar-refractivity contribution < 1.29 is 4.74 Å². The summed E-state index contributed by atoms with van der Waals surface area (Å²) in [5.74, 6) is 1.73. The number of ether oxygens (including phenoxy) is 1. The number of aromatic nitrogens is 2. The smallest absolute Gasteiger partial charge is 0.226 e. The zero-order chi connectivity index (χ0) is 15.0. The van der Waals surface area contributed by atoms with E-state index >= 15 is 0 Å². The first-order valence-electron chi connectivity index (χ1n) is 7.47. The van der Waals surface area contributed by atoms with Gasteiger partial charge in [0, 0.05) is 18.3 Å². The summed E-state index contributed by atoms with van der Waals surface area (Å²) in [6, 6.07) is 1.85. The number of hydrogen-bond donors (Lipinski definition) is 1. The predicted molar refractivity (Wildman–Crippen MR) is 84.8 cm³/mol. The van der Waals surface area contributed by atoms with E-state index in [0.29, 0.717) is 30.9 Å². The maximum Gasteiger partial charge on any atom is 0.226 e. The third-order valence-corrected chi connectivity index (χ3v) is 3.81. The van der Waals surface area contributed by atoms with Crippen molar-refractivity contribution in [2.45, 2.75) is 52.3 Å². The van der Waals surface area contributed by atoms with Crippen LogP contribution in [0.5, 0.6) is 5.88 Å². The molecule has 0 saturated carbocycles. The largest absolute Gasteiger partial charge is 0.478 e. The molecule has 1 N–H and O–H groups in total. The van der Waals surface area contributed by atoms with E-state index in [9.17, 15) is 0 Å². The Hall–Kier alpha value is -1.03. The van der Waals surface area contributed by atoms with Crippen LogP contribution in [0, 0.1) is 12.8 Å². The molecule has 1 aromatic rings. The molecule has 4 nitrogen and oxygen atoms in total. The molecule has 0 fully saturated rings. The first-order valence-corrected chi connectivity index (χ1v) is 7.90. The summed E-state index contributed by atoms with van der Waals surface area (Å²) in [6.07, 6.45) is 3.14. The van der Waals surface area contributed by atoms with Gasteiger partial charge in [0.2, 0.25) is 11.8 Å². The molecule has 0 aromatic carbocycles. The number of hydrogen-bond acceptors (Lipinski definition) is 4. The van der Waals surface area contributed by atoms with E-state index < -0.39 is 0 Å². The Morgan fingerprint density at radius 2 is 1.95 bits per heavy atom. The molecule has 5 heteroatoms. The summed E-state index contributed by atoms with van der Waals surface area (Å²) in [4.78, 5) is 8.71. The van der Waals surface area contributed by atoms with E-state index in [2.05, 4.69) is 36.1 Å². The number of halogens is 1. The summed E-state index contributed by atoms with van der Waals surface area (Å²) < 4.78 is 5.55. The van der Waals surface area contributed by atoms with Crippen LogP contribution < -0.4 is 10.1 Å². The molecular weight excluding hydrogens is 274 g/mol. The van der Waals surface area contributed by atoms with Crippen LogP contribution in [0.15, 0.2) is 6.07 Å². The molecule has 0 aliphatic carbocycles. The Morgan fingerprint density at radius 3 is 2.55 bits per heavy atom. The van der Waals surface area contributed by atoms with Gasteiger partial charge < -0.3 is 10.1 Å². The van der Waals surface area contributed by atoms with Gasteiger partial charge in [-0.1, -0.05) is 33.6 Å². The van der Waals surface area contributed by atoms with Gasteiger partial charge in [-0.15, -0.1) is 11.6 Å². The zero-order valence-corrected chi connectivity index (χ0v) is 13.7. The lowest BCUT2D eigenvalue weighted by atomic mass is 9.99. The SMILES string of the molecule is CCCOc1cc(C)nc(NCC(Cl)C(CC)CC)n1. The van der Waals surface area contributed by atoms with E-state index in [4.69, 9.17) is 16.3 Å². The molecule has 0 bridgehead atoms. The molecule has 1 atom stereocenters. The minimum absolute atomic E-state index is 0.0918. The van der Waals surface area contributed by atoms with E-state index in [1.807, 2.05) is 13.0 Å². The van der Waals surface area contributed by atoms with Gasteiger partial charge in [-0.25, -0.2) is 4.98 Å². The van der Waals surface area contributed by atoms with Crippen molar-refractivity contribution in [2.24, 2.45) is 5.92 Å². The third kappa shape index (κ3) is 5.53. The van der Waals surface area contributed by atoms with Crippen molar-refractivity contribution in [3.05, 3.63) is 11.8 Å². The third-order valence-electron chi connectivity index (χ3n) is 3.30. The van der Waals surface area contributed by atoms with Crippen LogP contribution in [0.2, 0.25) is 0 Å². The van der Waals surface area contributed by atoms with E-state index in [-0.39, 0.29) is 5.38 Å². The number of rotatable bonds is 9. The summed E-state index contributed by atoms with van der Waals surface area (Å²) in [5, 5.41) is 3.31. The van der Waals surface area contributed by atoms with Crippen molar-refractivity contribution in [1.29, 1.82) is 0 Å². The van der Waals surface area contributed by atoms with Crippen LogP contribution >= 0.6 is 11.6 Å². The first-order chi connectivity index (χ1) is 9.60. The van der Waals surface area contributed by atoms with Gasteiger partial charge in [-0.05, 0) is 19.3 Å². The van der Waals surface area contributed by atoms with Gasteiger partial charge in [0.05, 0.1) is 12.0 Å². The molecule has 0 amide bonds. The van der Waals surface area contributed by atoms with Gasteiger partial charge in [0.25, 0.3) is 0 Å². The van der Waals surface area contributed by atoms with Crippen molar-refractivity contribution >= 4 is 17.5 Å². The van der Waals surface area contributed by atoms with Crippen LogP contribution in [0.4, 0.5) is 5.95 Å². The first kappa shape index (κ1) is 17.0. The average molecular weight is 300 g/mol. The Balaban J connectivity index is 2.60. The van der Waals surface area contributed by atoms with Crippen LogP contribution in [-0.4, -0.2) is 28.5 Å². The van der Waals surface area contributed by atoms with Gasteiger partial charge in [-0.2, -0.15) is 4.98 Å². The second kappa shape index (κ2) is 9.01. The Kier molecular flexibility index (Phi) is 7.67. The molecule has 0 radical (unpaired) electrons. The second-order valence-electron chi connectivity index (χ2n) is 4.99. The molecule has 0 saturated heterocycles. The van der Waals surface area contributed by atoms with Gasteiger partial charge in [0.15, 0.2) is 0 Å². The number of alkyl halides is 1. The fourth-order valence-electron chi connectivity index (χ4n) is 2.05. The highest BCUT2D eigenvalue weighted by atomic mass is 35.5. The molecule has 0 spiro atoms. The Morgan fingerprint density at radius 1 is 1.25 bits per heavy atom. The van der Waals surface area contributed by atoms with E-state index in [1.54, 1.807) is 0 Å². The highest BCUT2D eigenvalue weighted by molar-refractivity contribution is 6.21. The van der Waals surface area contributed by atoms with Gasteiger partial charge in [-0.3, -0.25) is 0 Å². The number of anilines is 1. The van der Waals surface area contributed by atoms with Crippen molar-refractivity contribution in [2.75, 3.05) is 18.5 Å². The zero-order valence-electron chi connectivity index (χ0n) is 12.9. The maximum atomic E-state index is 6.41. The summed E-state index contributed by atoms with van der Waals surface area (Å²) >= 11 is 6.41. The van der Waals surface area contributed by atoms with E-state index in [0.717, 1.165) is 25.0 Å². The molecule has 1 aromatic heterocycles. The summed E-state index contributed by atoms with van der Waals surface area (Å²) in [5.41, 5.74) is 0.891. The fourth-order valence-corrected chi connectivity index (χ4v) is 2.49. The maximum absolute atomic E-state index is 6.41. The van der Waals surface area contributed by atoms with Gasteiger partial charge >= 0.3 is 0 Å². The predicted octanol–water partition coefficient (Wildman–Crippen LogP) is 4.03. The number of nitrogens with zero attached hydrogens (tertiary/aromatic N) is 2. The molecule has 0 aliphatic rings. The van der Waals surface area contributed by atoms with Crippen LogP contribution in [0.25, 0.3) is 0 Å². The van der Waals surface area contributed by atoms with E-state index in [1.165, 1.54) is 0 Å². The topological polar surface area (TPSA) is 47.0 Å². The molecular formula is C15H26ClN3O. The van der Waals surface area contributed by atoms with Crippen molar-refractivity contribution in [3.63, 3.8) is 0 Å². The van der Waals surface area contributed by atoms with Gasteiger partial charge in [0.1, 0.15) is 0 Å². The monoisotopic (exact) mass is 299 g/mol. The number of nitrogens with one attached hydrogen (secondary N) is 1. The Labute approximate surface area is 127 Å². The molecule has 114 valence electrons. The molecule has 1 rings (SSSR count). The minimum atomic E-state index is 0.0918. The second-order valence-corrected chi connectivity index (χ2v) is 5.55.